The molecule has 2 heteroatoms. The molecule has 0 aromatic carbocycles. The average molecular weight is 224 g/mol. The summed E-state index contributed by atoms with van der Waals surface area (Å²) >= 11 is 0. The molecule has 0 amide bonds. The van der Waals surface area contributed by atoms with Crippen molar-refractivity contribution in [2.75, 3.05) is 19.6 Å². The van der Waals surface area contributed by atoms with Crippen LogP contribution in [0.15, 0.2) is 0 Å². The summed E-state index contributed by atoms with van der Waals surface area (Å²) in [4.78, 5) is 2.64. The summed E-state index contributed by atoms with van der Waals surface area (Å²) in [5, 5.41) is 3.79. The summed E-state index contributed by atoms with van der Waals surface area (Å²) in [6.07, 6.45) is 8.48. The Morgan fingerprint density at radius 1 is 1.19 bits per heavy atom. The second-order valence-electron chi connectivity index (χ2n) is 5.97. The van der Waals surface area contributed by atoms with Crippen molar-refractivity contribution in [1.29, 1.82) is 0 Å². The van der Waals surface area contributed by atoms with Gasteiger partial charge in [-0.05, 0) is 51.6 Å². The van der Waals surface area contributed by atoms with Crippen molar-refractivity contribution in [3.8, 4) is 0 Å². The summed E-state index contributed by atoms with van der Waals surface area (Å²) in [7, 11) is 0. The van der Waals surface area contributed by atoms with E-state index in [1.54, 1.807) is 0 Å². The van der Waals surface area contributed by atoms with Gasteiger partial charge in [0.25, 0.3) is 0 Å². The number of hydrogen-bond donors (Lipinski definition) is 1. The lowest BCUT2D eigenvalue weighted by molar-refractivity contribution is 0.228. The Morgan fingerprint density at radius 3 is 2.62 bits per heavy atom. The zero-order valence-corrected chi connectivity index (χ0v) is 11.0. The van der Waals surface area contributed by atoms with Gasteiger partial charge < -0.3 is 5.32 Å². The quantitative estimate of drug-likeness (QED) is 0.790. The third-order valence-electron chi connectivity index (χ3n) is 4.40. The lowest BCUT2D eigenvalue weighted by Crippen LogP contribution is -2.43. The Morgan fingerprint density at radius 2 is 1.94 bits per heavy atom. The topological polar surface area (TPSA) is 15.3 Å². The Bertz CT molecular complexity index is 197. The molecule has 2 nitrogen and oxygen atoms in total. The van der Waals surface area contributed by atoms with Gasteiger partial charge in [-0.3, -0.25) is 4.90 Å². The molecule has 16 heavy (non-hydrogen) atoms. The summed E-state index contributed by atoms with van der Waals surface area (Å²) in [6, 6.07) is 1.54. The molecular formula is C14H28N2. The van der Waals surface area contributed by atoms with Crippen molar-refractivity contribution in [2.24, 2.45) is 5.92 Å². The fraction of sp³-hybridized carbons (Fsp3) is 1.00. The first-order chi connectivity index (χ1) is 7.75. The molecule has 0 aromatic heterocycles. The van der Waals surface area contributed by atoms with E-state index in [9.17, 15) is 0 Å². The fourth-order valence-electron chi connectivity index (χ4n) is 3.27. The molecule has 1 aliphatic heterocycles. The maximum absolute atomic E-state index is 3.79. The van der Waals surface area contributed by atoms with Crippen molar-refractivity contribution in [2.45, 2.75) is 64.5 Å². The molecule has 0 spiro atoms. The van der Waals surface area contributed by atoms with Crippen LogP contribution < -0.4 is 5.32 Å². The summed E-state index contributed by atoms with van der Waals surface area (Å²) in [5.41, 5.74) is 0. The molecule has 0 radical (unpaired) electrons. The van der Waals surface area contributed by atoms with Gasteiger partial charge in [0.05, 0.1) is 0 Å². The van der Waals surface area contributed by atoms with Crippen LogP contribution in [0.25, 0.3) is 0 Å². The molecular weight excluding hydrogens is 196 g/mol. The molecule has 94 valence electrons. The van der Waals surface area contributed by atoms with Crippen molar-refractivity contribution >= 4 is 0 Å². The molecule has 0 aromatic rings. The van der Waals surface area contributed by atoms with E-state index in [2.05, 4.69) is 24.1 Å². The van der Waals surface area contributed by atoms with Gasteiger partial charge >= 0.3 is 0 Å². The third-order valence-corrected chi connectivity index (χ3v) is 4.40. The van der Waals surface area contributed by atoms with Gasteiger partial charge in [0.1, 0.15) is 0 Å². The van der Waals surface area contributed by atoms with Crippen molar-refractivity contribution in [3.63, 3.8) is 0 Å². The first kappa shape index (κ1) is 12.4. The van der Waals surface area contributed by atoms with Gasteiger partial charge in [-0.15, -0.1) is 0 Å². The smallest absolute Gasteiger partial charge is 0.0192 e. The predicted molar refractivity (Wildman–Crippen MR) is 69.7 cm³/mol. The number of likely N-dealkylation sites (tertiary alicyclic amines) is 1. The minimum absolute atomic E-state index is 0.736. The minimum atomic E-state index is 0.736. The van der Waals surface area contributed by atoms with Gasteiger partial charge in [-0.2, -0.15) is 0 Å². The lowest BCUT2D eigenvalue weighted by atomic mass is 9.87. The van der Waals surface area contributed by atoms with E-state index in [4.69, 9.17) is 0 Å². The van der Waals surface area contributed by atoms with Crippen LogP contribution in [-0.2, 0) is 0 Å². The van der Waals surface area contributed by atoms with E-state index in [1.165, 1.54) is 58.2 Å². The van der Waals surface area contributed by atoms with Crippen LogP contribution >= 0.6 is 0 Å². The van der Waals surface area contributed by atoms with E-state index >= 15 is 0 Å². The molecule has 1 saturated carbocycles. The average Bonchev–Trinajstić information content (AvgIpc) is 2.79. The molecule has 3 atom stereocenters. The van der Waals surface area contributed by atoms with Gasteiger partial charge in [-0.25, -0.2) is 0 Å². The highest BCUT2D eigenvalue weighted by Crippen LogP contribution is 2.23. The highest BCUT2D eigenvalue weighted by Gasteiger charge is 2.21. The van der Waals surface area contributed by atoms with Gasteiger partial charge in [0.2, 0.25) is 0 Å². The standard InChI is InChI=1S/C14H28N2/c1-12-6-5-7-14(10-12)15-11-13(2)16-8-3-4-9-16/h12-15H,3-11H2,1-2H3. The van der Waals surface area contributed by atoms with Gasteiger partial charge in [-0.1, -0.05) is 19.8 Å². The molecule has 2 aliphatic rings. The second kappa shape index (κ2) is 6.02. The van der Waals surface area contributed by atoms with Crippen LogP contribution in [0.5, 0.6) is 0 Å². The number of rotatable bonds is 4. The maximum Gasteiger partial charge on any atom is 0.0192 e. The molecule has 1 saturated heterocycles. The van der Waals surface area contributed by atoms with Crippen molar-refractivity contribution in [1.82, 2.24) is 10.2 Å². The predicted octanol–water partition coefficient (Wildman–Crippen LogP) is 2.64. The first-order valence-corrected chi connectivity index (χ1v) is 7.23. The van der Waals surface area contributed by atoms with E-state index in [1.807, 2.05) is 0 Å². The van der Waals surface area contributed by atoms with Crippen LogP contribution in [0.1, 0.15) is 52.4 Å². The largest absolute Gasteiger partial charge is 0.312 e. The second-order valence-corrected chi connectivity index (χ2v) is 5.97. The van der Waals surface area contributed by atoms with Crippen LogP contribution in [0.4, 0.5) is 0 Å². The minimum Gasteiger partial charge on any atom is -0.312 e. The molecule has 1 N–H and O–H groups in total. The summed E-state index contributed by atoms with van der Waals surface area (Å²) in [5.74, 6) is 0.938. The SMILES string of the molecule is CC1CCCC(NCC(C)N2CCCC2)C1. The van der Waals surface area contributed by atoms with Crippen LogP contribution in [-0.4, -0.2) is 36.6 Å². The van der Waals surface area contributed by atoms with E-state index < -0.39 is 0 Å². The monoisotopic (exact) mass is 224 g/mol. The lowest BCUT2D eigenvalue weighted by Gasteiger charge is -2.31. The highest BCUT2D eigenvalue weighted by atomic mass is 15.2. The van der Waals surface area contributed by atoms with Crippen LogP contribution in [0.2, 0.25) is 0 Å². The Kier molecular flexibility index (Phi) is 4.66. The first-order valence-electron chi connectivity index (χ1n) is 7.23. The van der Waals surface area contributed by atoms with Crippen LogP contribution in [0, 0.1) is 5.92 Å². The van der Waals surface area contributed by atoms with Gasteiger partial charge in [0, 0.05) is 18.6 Å². The molecule has 0 bridgehead atoms. The highest BCUT2D eigenvalue weighted by molar-refractivity contribution is 4.80. The van der Waals surface area contributed by atoms with E-state index in [0.29, 0.717) is 0 Å². The molecule has 2 fully saturated rings. The Labute approximate surface area is 101 Å². The van der Waals surface area contributed by atoms with Crippen molar-refractivity contribution in [3.05, 3.63) is 0 Å². The molecule has 3 unspecified atom stereocenters. The molecule has 1 heterocycles. The zero-order chi connectivity index (χ0) is 11.4. The van der Waals surface area contributed by atoms with Gasteiger partial charge in [0.15, 0.2) is 0 Å². The van der Waals surface area contributed by atoms with E-state index in [0.717, 1.165) is 18.0 Å². The molecule has 2 rings (SSSR count). The summed E-state index contributed by atoms with van der Waals surface area (Å²) < 4.78 is 0. The Balaban J connectivity index is 1.65. The van der Waals surface area contributed by atoms with E-state index in [-0.39, 0.29) is 0 Å². The summed E-state index contributed by atoms with van der Waals surface area (Å²) in [6.45, 7) is 8.62. The molecule has 1 aliphatic carbocycles. The van der Waals surface area contributed by atoms with Crippen molar-refractivity contribution < 1.29 is 0 Å². The number of nitrogens with zero attached hydrogens (tertiary/aromatic N) is 1. The number of hydrogen-bond acceptors (Lipinski definition) is 2. The normalized spacial score (nSPS) is 34.1. The Hall–Kier alpha value is -0.0800. The third kappa shape index (κ3) is 3.46. The maximum atomic E-state index is 3.79. The van der Waals surface area contributed by atoms with Crippen LogP contribution in [0.3, 0.4) is 0 Å². The fourth-order valence-corrected chi connectivity index (χ4v) is 3.27. The number of nitrogens with one attached hydrogen (secondary N) is 1. The zero-order valence-electron chi connectivity index (χ0n) is 11.0.